The molecule has 2 heterocycles. The maximum Gasteiger partial charge on any atom is 0.225 e. The van der Waals surface area contributed by atoms with Gasteiger partial charge in [0.15, 0.2) is 5.82 Å². The predicted octanol–water partition coefficient (Wildman–Crippen LogP) is 1.41. The Morgan fingerprint density at radius 2 is 2.23 bits per heavy atom. The van der Waals surface area contributed by atoms with Crippen LogP contribution in [0.25, 0.3) is 0 Å². The summed E-state index contributed by atoms with van der Waals surface area (Å²) in [5, 5.41) is 10.7. The summed E-state index contributed by atoms with van der Waals surface area (Å²) in [6, 6.07) is 1.86. The third kappa shape index (κ3) is 5.42. The molecule has 0 spiro atoms. The SMILES string of the molecule is CC(CC(=O)Nc1ccn(CCN(C)C)n1)C1CCNCC1. The van der Waals surface area contributed by atoms with Gasteiger partial charge in [0.05, 0.1) is 6.54 Å². The minimum absolute atomic E-state index is 0.0730. The number of hydrogen-bond donors (Lipinski definition) is 2. The zero-order valence-electron chi connectivity index (χ0n) is 14.0. The molecular weight excluding hydrogens is 278 g/mol. The largest absolute Gasteiger partial charge is 0.317 e. The lowest BCUT2D eigenvalue weighted by atomic mass is 9.84. The van der Waals surface area contributed by atoms with Crippen LogP contribution < -0.4 is 10.6 Å². The van der Waals surface area contributed by atoms with E-state index in [-0.39, 0.29) is 5.91 Å². The van der Waals surface area contributed by atoms with Crippen LogP contribution in [0.5, 0.6) is 0 Å². The molecule has 0 radical (unpaired) electrons. The molecule has 124 valence electrons. The number of carbonyl (C=O) groups is 1. The first-order chi connectivity index (χ1) is 10.5. The quantitative estimate of drug-likeness (QED) is 0.799. The second-order valence-electron chi connectivity index (χ2n) is 6.58. The van der Waals surface area contributed by atoms with Gasteiger partial charge in [0.2, 0.25) is 5.91 Å². The molecule has 2 rings (SSSR count). The van der Waals surface area contributed by atoms with Gasteiger partial charge in [0.1, 0.15) is 0 Å². The molecule has 0 aliphatic carbocycles. The molecule has 1 fully saturated rings. The topological polar surface area (TPSA) is 62.2 Å². The predicted molar refractivity (Wildman–Crippen MR) is 88.8 cm³/mol. The molecule has 1 aliphatic rings. The molecule has 1 aromatic heterocycles. The van der Waals surface area contributed by atoms with Crippen LogP contribution in [0.1, 0.15) is 26.2 Å². The summed E-state index contributed by atoms with van der Waals surface area (Å²) in [6.45, 7) is 6.10. The van der Waals surface area contributed by atoms with Crippen molar-refractivity contribution in [2.24, 2.45) is 11.8 Å². The first-order valence-corrected chi connectivity index (χ1v) is 8.23. The lowest BCUT2D eigenvalue weighted by Gasteiger charge is -2.27. The number of likely N-dealkylation sites (N-methyl/N-ethyl adjacent to an activating group) is 1. The standard InChI is InChI=1S/C16H29N5O/c1-13(14-4-7-17-8-5-14)12-16(22)18-15-6-9-21(19-15)11-10-20(2)3/h6,9,13-14,17H,4-5,7-8,10-12H2,1-3H3,(H,18,19,22). The van der Waals surface area contributed by atoms with Crippen molar-refractivity contribution in [3.63, 3.8) is 0 Å². The molecule has 1 aliphatic heterocycles. The van der Waals surface area contributed by atoms with Gasteiger partial charge in [-0.2, -0.15) is 5.10 Å². The molecule has 6 heteroatoms. The van der Waals surface area contributed by atoms with Crippen molar-refractivity contribution in [1.82, 2.24) is 20.0 Å². The van der Waals surface area contributed by atoms with Gasteiger partial charge in [0, 0.05) is 25.2 Å². The summed E-state index contributed by atoms with van der Waals surface area (Å²) < 4.78 is 1.87. The third-order valence-corrected chi connectivity index (χ3v) is 4.38. The maximum absolute atomic E-state index is 12.2. The fourth-order valence-electron chi connectivity index (χ4n) is 2.92. The van der Waals surface area contributed by atoms with Crippen molar-refractivity contribution < 1.29 is 4.79 Å². The molecule has 6 nitrogen and oxygen atoms in total. The van der Waals surface area contributed by atoms with E-state index >= 15 is 0 Å². The molecule has 0 saturated carbocycles. The summed E-state index contributed by atoms with van der Waals surface area (Å²) in [4.78, 5) is 14.3. The Kier molecular flexibility index (Phi) is 6.39. The second-order valence-corrected chi connectivity index (χ2v) is 6.58. The van der Waals surface area contributed by atoms with E-state index in [9.17, 15) is 4.79 Å². The van der Waals surface area contributed by atoms with Crippen LogP contribution in [0, 0.1) is 11.8 Å². The number of carbonyl (C=O) groups excluding carboxylic acids is 1. The van der Waals surface area contributed by atoms with Gasteiger partial charge in [-0.15, -0.1) is 0 Å². The van der Waals surface area contributed by atoms with Gasteiger partial charge in [-0.1, -0.05) is 6.92 Å². The van der Waals surface area contributed by atoms with Crippen molar-refractivity contribution in [2.45, 2.75) is 32.7 Å². The lowest BCUT2D eigenvalue weighted by molar-refractivity contribution is -0.117. The van der Waals surface area contributed by atoms with Gasteiger partial charge in [-0.05, 0) is 51.9 Å². The minimum Gasteiger partial charge on any atom is -0.317 e. The number of anilines is 1. The van der Waals surface area contributed by atoms with Gasteiger partial charge in [-0.25, -0.2) is 0 Å². The van der Waals surface area contributed by atoms with Gasteiger partial charge < -0.3 is 15.5 Å². The van der Waals surface area contributed by atoms with Crippen LogP contribution in [-0.4, -0.2) is 54.3 Å². The summed E-state index contributed by atoms with van der Waals surface area (Å²) >= 11 is 0. The molecule has 1 atom stereocenters. The number of nitrogens with zero attached hydrogens (tertiary/aromatic N) is 3. The van der Waals surface area contributed by atoms with Crippen molar-refractivity contribution in [3.05, 3.63) is 12.3 Å². The zero-order chi connectivity index (χ0) is 15.9. The Morgan fingerprint density at radius 3 is 2.91 bits per heavy atom. The fourth-order valence-corrected chi connectivity index (χ4v) is 2.92. The number of piperidine rings is 1. The van der Waals surface area contributed by atoms with E-state index in [2.05, 4.69) is 27.6 Å². The molecule has 22 heavy (non-hydrogen) atoms. The molecule has 0 aromatic carbocycles. The summed E-state index contributed by atoms with van der Waals surface area (Å²) in [7, 11) is 4.07. The van der Waals surface area contributed by atoms with E-state index < -0.39 is 0 Å². The van der Waals surface area contributed by atoms with Crippen LogP contribution in [0.3, 0.4) is 0 Å². The highest BCUT2D eigenvalue weighted by Crippen LogP contribution is 2.24. The molecule has 0 bridgehead atoms. The summed E-state index contributed by atoms with van der Waals surface area (Å²) in [6.07, 6.45) is 4.84. The monoisotopic (exact) mass is 307 g/mol. The smallest absolute Gasteiger partial charge is 0.225 e. The zero-order valence-corrected chi connectivity index (χ0v) is 14.0. The van der Waals surface area contributed by atoms with Gasteiger partial charge >= 0.3 is 0 Å². The molecule has 1 aromatic rings. The van der Waals surface area contributed by atoms with Gasteiger partial charge in [0.25, 0.3) is 0 Å². The normalized spacial score (nSPS) is 17.6. The van der Waals surface area contributed by atoms with Crippen molar-refractivity contribution in [3.8, 4) is 0 Å². The number of rotatable bonds is 7. The highest BCUT2D eigenvalue weighted by molar-refractivity contribution is 5.89. The number of hydrogen-bond acceptors (Lipinski definition) is 4. The first-order valence-electron chi connectivity index (χ1n) is 8.23. The Bertz CT molecular complexity index is 465. The Labute approximate surface area is 133 Å². The highest BCUT2D eigenvalue weighted by Gasteiger charge is 2.22. The molecule has 1 saturated heterocycles. The van der Waals surface area contributed by atoms with Crippen molar-refractivity contribution in [2.75, 3.05) is 39.0 Å². The summed E-state index contributed by atoms with van der Waals surface area (Å²) in [5.74, 6) is 1.81. The average Bonchev–Trinajstić information content (AvgIpc) is 2.93. The van der Waals surface area contributed by atoms with Crippen molar-refractivity contribution in [1.29, 1.82) is 0 Å². The van der Waals surface area contributed by atoms with E-state index in [0.29, 0.717) is 24.1 Å². The average molecular weight is 307 g/mol. The molecule has 2 N–H and O–H groups in total. The van der Waals surface area contributed by atoms with Crippen LogP contribution in [-0.2, 0) is 11.3 Å². The summed E-state index contributed by atoms with van der Waals surface area (Å²) in [5.41, 5.74) is 0. The van der Waals surface area contributed by atoms with Gasteiger partial charge in [-0.3, -0.25) is 9.48 Å². The third-order valence-electron chi connectivity index (χ3n) is 4.38. The second kappa shape index (κ2) is 8.29. The lowest BCUT2D eigenvalue weighted by Crippen LogP contribution is -2.32. The minimum atomic E-state index is 0.0730. The first kappa shape index (κ1) is 17.0. The molecule has 1 unspecified atom stereocenters. The Balaban J connectivity index is 1.76. The Hall–Kier alpha value is -1.40. The van der Waals surface area contributed by atoms with E-state index in [1.807, 2.05) is 31.0 Å². The van der Waals surface area contributed by atoms with E-state index in [0.717, 1.165) is 26.2 Å². The van der Waals surface area contributed by atoms with Crippen LogP contribution >= 0.6 is 0 Å². The van der Waals surface area contributed by atoms with Crippen LogP contribution in [0.2, 0.25) is 0 Å². The molecular formula is C16H29N5O. The number of nitrogens with one attached hydrogen (secondary N) is 2. The van der Waals surface area contributed by atoms with E-state index in [4.69, 9.17) is 0 Å². The van der Waals surface area contributed by atoms with E-state index in [1.165, 1.54) is 12.8 Å². The number of aromatic nitrogens is 2. The maximum atomic E-state index is 12.2. The highest BCUT2D eigenvalue weighted by atomic mass is 16.1. The number of amides is 1. The van der Waals surface area contributed by atoms with Crippen LogP contribution in [0.15, 0.2) is 12.3 Å². The van der Waals surface area contributed by atoms with Crippen LogP contribution in [0.4, 0.5) is 5.82 Å². The molecule has 1 amide bonds. The fraction of sp³-hybridized carbons (Fsp3) is 0.750. The van der Waals surface area contributed by atoms with E-state index in [1.54, 1.807) is 0 Å². The van der Waals surface area contributed by atoms with Crippen molar-refractivity contribution >= 4 is 11.7 Å². The Morgan fingerprint density at radius 1 is 1.50 bits per heavy atom.